The number of carboxylic acids is 1. The van der Waals surface area contributed by atoms with Crippen LogP contribution in [-0.4, -0.2) is 11.9 Å². The standard InChI is InChI=1S/C16H18FNO3/c1-9-7-11(12(16(20)21)8-10(9)2)15(19)18-14-6-4-3-5-13(14)17/h3-6,11-12H,7-8H2,1-2H3,(H,18,19)(H,20,21)/p-1/t11-,12-/m1/s1. The van der Waals surface area contributed by atoms with Crippen LogP contribution >= 0.6 is 0 Å². The van der Waals surface area contributed by atoms with Gasteiger partial charge in [-0.15, -0.1) is 0 Å². The summed E-state index contributed by atoms with van der Waals surface area (Å²) in [7, 11) is 0. The number of allylic oxidation sites excluding steroid dienone is 2. The van der Waals surface area contributed by atoms with E-state index in [1.807, 2.05) is 13.8 Å². The van der Waals surface area contributed by atoms with Crippen molar-refractivity contribution in [2.45, 2.75) is 26.7 Å². The molecular weight excluding hydrogens is 273 g/mol. The van der Waals surface area contributed by atoms with Gasteiger partial charge in [-0.3, -0.25) is 4.79 Å². The number of carbonyl (C=O) groups is 2. The molecule has 0 bridgehead atoms. The Bertz CT molecular complexity index is 609. The van der Waals surface area contributed by atoms with Crippen LogP contribution in [-0.2, 0) is 9.59 Å². The van der Waals surface area contributed by atoms with Gasteiger partial charge in [0.15, 0.2) is 0 Å². The maximum Gasteiger partial charge on any atom is 0.228 e. The fraction of sp³-hybridized carbons (Fsp3) is 0.375. The molecule has 0 saturated carbocycles. The average molecular weight is 290 g/mol. The molecular formula is C16H17FNO3-. The molecule has 112 valence electrons. The van der Waals surface area contributed by atoms with Gasteiger partial charge in [-0.2, -0.15) is 0 Å². The minimum absolute atomic E-state index is 0.0588. The van der Waals surface area contributed by atoms with Gasteiger partial charge >= 0.3 is 0 Å². The number of nitrogens with one attached hydrogen (secondary N) is 1. The van der Waals surface area contributed by atoms with E-state index in [4.69, 9.17) is 0 Å². The second-order valence-corrected chi connectivity index (χ2v) is 5.47. The molecule has 0 spiro atoms. The van der Waals surface area contributed by atoms with Crippen molar-refractivity contribution in [3.63, 3.8) is 0 Å². The van der Waals surface area contributed by atoms with E-state index in [0.29, 0.717) is 12.8 Å². The first-order valence-corrected chi connectivity index (χ1v) is 6.81. The predicted molar refractivity (Wildman–Crippen MR) is 74.6 cm³/mol. The molecule has 2 rings (SSSR count). The monoisotopic (exact) mass is 290 g/mol. The van der Waals surface area contributed by atoms with Crippen molar-refractivity contribution in [2.24, 2.45) is 11.8 Å². The summed E-state index contributed by atoms with van der Waals surface area (Å²) in [5.74, 6) is -3.88. The van der Waals surface area contributed by atoms with Gasteiger partial charge in [-0.1, -0.05) is 23.3 Å². The molecule has 1 amide bonds. The highest BCUT2D eigenvalue weighted by Crippen LogP contribution is 2.34. The number of anilines is 1. The van der Waals surface area contributed by atoms with E-state index in [-0.39, 0.29) is 5.69 Å². The fourth-order valence-electron chi connectivity index (χ4n) is 2.60. The third-order valence-electron chi connectivity index (χ3n) is 4.04. The van der Waals surface area contributed by atoms with E-state index in [1.165, 1.54) is 18.2 Å². The molecule has 0 saturated heterocycles. The molecule has 0 aliphatic heterocycles. The number of amides is 1. The number of para-hydroxylation sites is 1. The first kappa shape index (κ1) is 15.2. The Labute approximate surface area is 122 Å². The lowest BCUT2D eigenvalue weighted by atomic mass is 9.76. The van der Waals surface area contributed by atoms with Gasteiger partial charge < -0.3 is 15.2 Å². The van der Waals surface area contributed by atoms with Crippen LogP contribution in [0, 0.1) is 17.7 Å². The summed E-state index contributed by atoms with van der Waals surface area (Å²) in [6.45, 7) is 3.74. The van der Waals surface area contributed by atoms with Crippen LogP contribution in [0.4, 0.5) is 10.1 Å². The Hall–Kier alpha value is -2.17. The highest BCUT2D eigenvalue weighted by atomic mass is 19.1. The summed E-state index contributed by atoms with van der Waals surface area (Å²) in [6.07, 6.45) is 0.647. The summed E-state index contributed by atoms with van der Waals surface area (Å²) in [6, 6.07) is 5.80. The predicted octanol–water partition coefficient (Wildman–Crippen LogP) is 1.88. The summed E-state index contributed by atoms with van der Waals surface area (Å²) < 4.78 is 13.6. The van der Waals surface area contributed by atoms with Crippen LogP contribution in [0.5, 0.6) is 0 Å². The van der Waals surface area contributed by atoms with Gasteiger partial charge in [0, 0.05) is 11.9 Å². The zero-order chi connectivity index (χ0) is 15.6. The molecule has 0 radical (unpaired) electrons. The summed E-state index contributed by atoms with van der Waals surface area (Å²) >= 11 is 0. The third kappa shape index (κ3) is 3.29. The van der Waals surface area contributed by atoms with Crippen molar-refractivity contribution in [3.8, 4) is 0 Å². The third-order valence-corrected chi connectivity index (χ3v) is 4.04. The van der Waals surface area contributed by atoms with Crippen molar-refractivity contribution in [2.75, 3.05) is 5.32 Å². The second kappa shape index (κ2) is 6.08. The first-order valence-electron chi connectivity index (χ1n) is 6.81. The Morgan fingerprint density at radius 2 is 1.71 bits per heavy atom. The first-order chi connectivity index (χ1) is 9.90. The molecule has 1 aromatic carbocycles. The van der Waals surface area contributed by atoms with E-state index >= 15 is 0 Å². The number of rotatable bonds is 3. The van der Waals surface area contributed by atoms with Crippen LogP contribution in [0.15, 0.2) is 35.4 Å². The lowest BCUT2D eigenvalue weighted by Gasteiger charge is -2.32. The Morgan fingerprint density at radius 3 is 2.29 bits per heavy atom. The SMILES string of the molecule is CC1=C(C)C[C@@H](C(=O)Nc2ccccc2F)[C@H](C(=O)[O-])C1. The van der Waals surface area contributed by atoms with Crippen molar-refractivity contribution in [3.05, 3.63) is 41.2 Å². The number of halogens is 1. The number of hydrogen-bond donors (Lipinski definition) is 1. The van der Waals surface area contributed by atoms with E-state index in [9.17, 15) is 19.1 Å². The van der Waals surface area contributed by atoms with Crippen molar-refractivity contribution in [1.82, 2.24) is 0 Å². The molecule has 0 fully saturated rings. The molecule has 0 aromatic heterocycles. The smallest absolute Gasteiger partial charge is 0.228 e. The Kier molecular flexibility index (Phi) is 4.40. The number of aliphatic carboxylic acids is 1. The zero-order valence-corrected chi connectivity index (χ0v) is 12.0. The summed E-state index contributed by atoms with van der Waals surface area (Å²) in [5, 5.41) is 13.7. The molecule has 2 atom stereocenters. The largest absolute Gasteiger partial charge is 0.550 e. The van der Waals surface area contributed by atoms with Crippen molar-refractivity contribution >= 4 is 17.6 Å². The van der Waals surface area contributed by atoms with Crippen molar-refractivity contribution < 1.29 is 19.1 Å². The van der Waals surface area contributed by atoms with Crippen LogP contribution < -0.4 is 10.4 Å². The maximum atomic E-state index is 13.6. The molecule has 1 N–H and O–H groups in total. The van der Waals surface area contributed by atoms with Gasteiger partial charge in [0.05, 0.1) is 11.6 Å². The van der Waals surface area contributed by atoms with Gasteiger partial charge in [0.2, 0.25) is 5.91 Å². The second-order valence-electron chi connectivity index (χ2n) is 5.47. The number of carboxylic acid groups (broad SMARTS) is 1. The van der Waals surface area contributed by atoms with Gasteiger partial charge in [0.25, 0.3) is 0 Å². The molecule has 4 nitrogen and oxygen atoms in total. The van der Waals surface area contributed by atoms with Gasteiger partial charge in [-0.25, -0.2) is 4.39 Å². The van der Waals surface area contributed by atoms with Crippen LogP contribution in [0.2, 0.25) is 0 Å². The number of carbonyl (C=O) groups excluding carboxylic acids is 2. The number of hydrogen-bond acceptors (Lipinski definition) is 3. The molecule has 0 heterocycles. The van der Waals surface area contributed by atoms with Crippen LogP contribution in [0.3, 0.4) is 0 Å². The number of benzene rings is 1. The van der Waals surface area contributed by atoms with E-state index in [1.54, 1.807) is 6.07 Å². The summed E-state index contributed by atoms with van der Waals surface area (Å²) in [4.78, 5) is 23.5. The summed E-state index contributed by atoms with van der Waals surface area (Å²) in [5.41, 5.74) is 2.03. The molecule has 0 unspecified atom stereocenters. The van der Waals surface area contributed by atoms with E-state index in [0.717, 1.165) is 11.1 Å². The highest BCUT2D eigenvalue weighted by molar-refractivity contribution is 5.95. The van der Waals surface area contributed by atoms with E-state index in [2.05, 4.69) is 5.32 Å². The minimum atomic E-state index is -1.24. The lowest BCUT2D eigenvalue weighted by Crippen LogP contribution is -2.42. The lowest BCUT2D eigenvalue weighted by molar-refractivity contribution is -0.313. The Balaban J connectivity index is 2.21. The molecule has 1 aliphatic rings. The van der Waals surface area contributed by atoms with Gasteiger partial charge in [-0.05, 0) is 38.8 Å². The van der Waals surface area contributed by atoms with Gasteiger partial charge in [0.1, 0.15) is 5.82 Å². The van der Waals surface area contributed by atoms with Crippen LogP contribution in [0.1, 0.15) is 26.7 Å². The maximum absolute atomic E-state index is 13.6. The Morgan fingerprint density at radius 1 is 1.14 bits per heavy atom. The fourth-order valence-corrected chi connectivity index (χ4v) is 2.60. The average Bonchev–Trinajstić information content (AvgIpc) is 2.43. The molecule has 5 heteroatoms. The quantitative estimate of drug-likeness (QED) is 0.864. The van der Waals surface area contributed by atoms with Crippen LogP contribution in [0.25, 0.3) is 0 Å². The molecule has 21 heavy (non-hydrogen) atoms. The molecule has 1 aromatic rings. The normalized spacial score (nSPS) is 22.0. The van der Waals surface area contributed by atoms with Crippen molar-refractivity contribution in [1.29, 1.82) is 0 Å². The topological polar surface area (TPSA) is 69.2 Å². The molecule has 1 aliphatic carbocycles. The zero-order valence-electron chi connectivity index (χ0n) is 12.0. The van der Waals surface area contributed by atoms with E-state index < -0.39 is 29.5 Å². The minimum Gasteiger partial charge on any atom is -0.550 e. The highest BCUT2D eigenvalue weighted by Gasteiger charge is 2.33.